The largest absolute Gasteiger partial charge is 0.465 e. The minimum atomic E-state index is -4.68. The Balaban J connectivity index is 2.10. The second-order valence-corrected chi connectivity index (χ2v) is 9.34. The maximum absolute atomic E-state index is 14.6. The molecule has 2 rings (SSSR count). The van der Waals surface area contributed by atoms with Crippen molar-refractivity contribution in [3.05, 3.63) is 28.4 Å². The summed E-state index contributed by atoms with van der Waals surface area (Å²) in [4.78, 5) is 37.6. The third-order valence-electron chi connectivity index (χ3n) is 4.61. The molecule has 3 N–H and O–H groups in total. The zero-order chi connectivity index (χ0) is 24.3. The smallest absolute Gasteiger partial charge is 0.403 e. The predicted molar refractivity (Wildman–Crippen MR) is 107 cm³/mol. The highest BCUT2D eigenvalue weighted by atomic mass is 31.2. The summed E-state index contributed by atoms with van der Waals surface area (Å²) in [6.45, 7) is 5.77. The standard InChI is InChI=1S/C18H28F2N3O8P/c1-5-29-15(25)12(8-10(2)3)22-32(27,28)30-9-13-14(24)18(19,20)16(31-13)23-7-6-11(4)21-17(23)26/h6-7,10,12-14,16,24H,5,8-9H2,1-4H3,(H2,22,27,28)/t12-,13+,14+,16+/m0/s1. The van der Waals surface area contributed by atoms with Crippen molar-refractivity contribution in [2.24, 2.45) is 5.92 Å². The van der Waals surface area contributed by atoms with Gasteiger partial charge in [0, 0.05) is 11.9 Å². The van der Waals surface area contributed by atoms with E-state index in [2.05, 4.69) is 10.1 Å². The molecule has 0 aliphatic carbocycles. The summed E-state index contributed by atoms with van der Waals surface area (Å²) in [6.07, 6.45) is -5.16. The van der Waals surface area contributed by atoms with Gasteiger partial charge >= 0.3 is 25.3 Å². The normalized spacial score (nSPS) is 25.5. The van der Waals surface area contributed by atoms with Gasteiger partial charge in [0.1, 0.15) is 12.1 Å². The summed E-state index contributed by atoms with van der Waals surface area (Å²) in [5.41, 5.74) is -0.707. The average Bonchev–Trinajstić information content (AvgIpc) is 2.89. The first-order chi connectivity index (χ1) is 14.8. The Morgan fingerprint density at radius 2 is 2.12 bits per heavy atom. The van der Waals surface area contributed by atoms with E-state index in [4.69, 9.17) is 14.0 Å². The number of aliphatic hydroxyl groups is 1. The highest BCUT2D eigenvalue weighted by Gasteiger charge is 2.60. The maximum atomic E-state index is 14.6. The first kappa shape index (κ1) is 26.5. The van der Waals surface area contributed by atoms with Crippen LogP contribution in [0.5, 0.6) is 0 Å². The van der Waals surface area contributed by atoms with Gasteiger partial charge in [-0.15, -0.1) is 0 Å². The molecule has 14 heteroatoms. The number of ether oxygens (including phenoxy) is 2. The molecule has 1 aliphatic heterocycles. The van der Waals surface area contributed by atoms with E-state index in [1.54, 1.807) is 20.8 Å². The lowest BCUT2D eigenvalue weighted by molar-refractivity contribution is -0.145. The first-order valence-corrected chi connectivity index (χ1v) is 11.5. The summed E-state index contributed by atoms with van der Waals surface area (Å²) >= 11 is 0. The highest BCUT2D eigenvalue weighted by Crippen LogP contribution is 2.45. The highest BCUT2D eigenvalue weighted by molar-refractivity contribution is 7.50. The van der Waals surface area contributed by atoms with E-state index in [-0.39, 0.29) is 18.9 Å². The second kappa shape index (κ2) is 10.4. The second-order valence-electron chi connectivity index (χ2n) is 7.78. The number of carbonyl (C=O) groups is 1. The van der Waals surface area contributed by atoms with Crippen LogP contribution in [0.15, 0.2) is 17.1 Å². The Hall–Kier alpha value is -1.76. The van der Waals surface area contributed by atoms with Gasteiger partial charge in [0.15, 0.2) is 6.10 Å². The lowest BCUT2D eigenvalue weighted by atomic mass is 10.1. The monoisotopic (exact) mass is 483 g/mol. The summed E-state index contributed by atoms with van der Waals surface area (Å²) in [5.74, 6) is -4.72. The van der Waals surface area contributed by atoms with Gasteiger partial charge < -0.3 is 19.5 Å². The van der Waals surface area contributed by atoms with Gasteiger partial charge in [0.05, 0.1) is 13.2 Å². The number of carbonyl (C=O) groups excluding carboxylic acids is 1. The van der Waals surface area contributed by atoms with E-state index in [0.717, 1.165) is 6.20 Å². The summed E-state index contributed by atoms with van der Waals surface area (Å²) < 4.78 is 56.8. The number of aliphatic hydroxyl groups excluding tert-OH is 1. The summed E-state index contributed by atoms with van der Waals surface area (Å²) in [6, 6.07) is 0.138. The van der Waals surface area contributed by atoms with Gasteiger partial charge in [-0.25, -0.2) is 14.4 Å². The van der Waals surface area contributed by atoms with Crippen LogP contribution in [0.1, 0.15) is 39.1 Å². The molecule has 1 aromatic heterocycles. The van der Waals surface area contributed by atoms with Gasteiger partial charge in [-0.2, -0.15) is 13.8 Å². The van der Waals surface area contributed by atoms with Crippen LogP contribution in [0, 0.1) is 12.8 Å². The number of hydrogen-bond donors (Lipinski definition) is 3. The Labute approximate surface area is 183 Å². The third-order valence-corrected chi connectivity index (χ3v) is 5.75. The number of alkyl halides is 2. The van der Waals surface area contributed by atoms with Gasteiger partial charge in [0.25, 0.3) is 0 Å². The van der Waals surface area contributed by atoms with Crippen molar-refractivity contribution in [1.29, 1.82) is 0 Å². The summed E-state index contributed by atoms with van der Waals surface area (Å²) in [7, 11) is -4.68. The number of rotatable bonds is 10. The van der Waals surface area contributed by atoms with Crippen molar-refractivity contribution in [1.82, 2.24) is 14.6 Å². The van der Waals surface area contributed by atoms with Crippen LogP contribution in [0.4, 0.5) is 8.78 Å². The van der Waals surface area contributed by atoms with Crippen LogP contribution in [-0.2, 0) is 23.4 Å². The van der Waals surface area contributed by atoms with Crippen LogP contribution >= 0.6 is 7.75 Å². The number of halogens is 2. The molecule has 182 valence electrons. The van der Waals surface area contributed by atoms with E-state index in [1.165, 1.54) is 13.0 Å². The van der Waals surface area contributed by atoms with Crippen LogP contribution in [0.2, 0.25) is 0 Å². The lowest BCUT2D eigenvalue weighted by Crippen LogP contribution is -2.42. The zero-order valence-electron chi connectivity index (χ0n) is 18.1. The van der Waals surface area contributed by atoms with Crippen molar-refractivity contribution in [2.45, 2.75) is 64.5 Å². The van der Waals surface area contributed by atoms with Crippen LogP contribution in [-0.4, -0.2) is 62.9 Å². The Kier molecular flexibility index (Phi) is 8.65. The van der Waals surface area contributed by atoms with Crippen molar-refractivity contribution in [3.63, 3.8) is 0 Å². The molecule has 1 unspecified atom stereocenters. The minimum Gasteiger partial charge on any atom is -0.465 e. The zero-order valence-corrected chi connectivity index (χ0v) is 19.0. The molecule has 5 atom stereocenters. The molecular formula is C18H28F2N3O8P. The number of esters is 1. The van der Waals surface area contributed by atoms with Crippen molar-refractivity contribution >= 4 is 13.7 Å². The Morgan fingerprint density at radius 3 is 2.69 bits per heavy atom. The van der Waals surface area contributed by atoms with Gasteiger partial charge in [-0.05, 0) is 32.3 Å². The Morgan fingerprint density at radius 1 is 1.47 bits per heavy atom. The van der Waals surface area contributed by atoms with Crippen LogP contribution in [0.3, 0.4) is 0 Å². The molecule has 0 spiro atoms. The van der Waals surface area contributed by atoms with Crippen LogP contribution in [0.25, 0.3) is 0 Å². The number of hydrogen-bond acceptors (Lipinski definition) is 8. The van der Waals surface area contributed by atoms with Gasteiger partial charge in [-0.3, -0.25) is 13.9 Å². The number of aromatic nitrogens is 2. The third kappa shape index (κ3) is 6.40. The topological polar surface area (TPSA) is 149 Å². The fourth-order valence-corrected chi connectivity index (χ4v) is 4.14. The van der Waals surface area contributed by atoms with Gasteiger partial charge in [0.2, 0.25) is 6.23 Å². The minimum absolute atomic E-state index is 0.0437. The molecule has 1 aliphatic rings. The molecule has 2 heterocycles. The number of nitrogens with zero attached hydrogens (tertiary/aromatic N) is 2. The molecule has 0 bridgehead atoms. The summed E-state index contributed by atoms with van der Waals surface area (Å²) in [5, 5.41) is 12.1. The quantitative estimate of drug-likeness (QED) is 0.327. The molecule has 1 fully saturated rings. The average molecular weight is 483 g/mol. The molecule has 0 saturated carbocycles. The van der Waals surface area contributed by atoms with Crippen LogP contribution < -0.4 is 10.8 Å². The van der Waals surface area contributed by atoms with E-state index in [9.17, 15) is 32.9 Å². The van der Waals surface area contributed by atoms with Crippen molar-refractivity contribution < 1.29 is 42.1 Å². The fourth-order valence-electron chi connectivity index (χ4n) is 3.11. The number of aryl methyl sites for hydroxylation is 1. The predicted octanol–water partition coefficient (Wildman–Crippen LogP) is 1.13. The molecule has 11 nitrogen and oxygen atoms in total. The Bertz CT molecular complexity index is 912. The van der Waals surface area contributed by atoms with Crippen molar-refractivity contribution in [3.8, 4) is 0 Å². The molecule has 1 saturated heterocycles. The SMILES string of the molecule is CCOC(=O)[C@H](CC(C)C)NP(=O)(O)OC[C@H]1O[C@@H](n2ccc(C)nc2=O)C(F)(F)[C@@H]1O. The number of nitrogens with one attached hydrogen (secondary N) is 1. The molecule has 0 radical (unpaired) electrons. The molecular weight excluding hydrogens is 455 g/mol. The molecule has 32 heavy (non-hydrogen) atoms. The molecule has 0 amide bonds. The van der Waals surface area contributed by atoms with Gasteiger partial charge in [-0.1, -0.05) is 13.8 Å². The molecule has 0 aromatic carbocycles. The van der Waals surface area contributed by atoms with E-state index in [1.807, 2.05) is 0 Å². The van der Waals surface area contributed by atoms with E-state index >= 15 is 0 Å². The first-order valence-electron chi connectivity index (χ1n) is 9.97. The van der Waals surface area contributed by atoms with E-state index in [0.29, 0.717) is 10.3 Å². The lowest BCUT2D eigenvalue weighted by Gasteiger charge is -2.23. The fraction of sp³-hybridized carbons (Fsp3) is 0.722. The van der Waals surface area contributed by atoms with E-state index < -0.39 is 56.4 Å². The van der Waals surface area contributed by atoms with Crippen molar-refractivity contribution in [2.75, 3.05) is 13.2 Å². The maximum Gasteiger partial charge on any atom is 0.403 e. The molecule has 1 aromatic rings.